The van der Waals surface area contributed by atoms with E-state index in [1.54, 1.807) is 6.20 Å². The van der Waals surface area contributed by atoms with Crippen molar-refractivity contribution < 1.29 is 4.74 Å². The van der Waals surface area contributed by atoms with Crippen molar-refractivity contribution in [3.63, 3.8) is 0 Å². The molecular formula is C12H21N3OSi. The molecule has 0 fully saturated rings. The predicted octanol–water partition coefficient (Wildman–Crippen LogP) is 2.80. The summed E-state index contributed by atoms with van der Waals surface area (Å²) in [5.41, 5.74) is 1.48. The molecule has 0 aromatic carbocycles. The minimum absolute atomic E-state index is 0.469. The molecule has 2 N–H and O–H groups in total. The number of pyridine rings is 1. The lowest BCUT2D eigenvalue weighted by Gasteiger charge is -2.16. The quantitative estimate of drug-likeness (QED) is 0.339. The van der Waals surface area contributed by atoms with Crippen LogP contribution in [0.2, 0.25) is 25.7 Å². The molecule has 1 aromatic rings. The Morgan fingerprint density at radius 2 is 2.24 bits per heavy atom. The highest BCUT2D eigenvalue weighted by atomic mass is 28.3. The van der Waals surface area contributed by atoms with Gasteiger partial charge in [0.2, 0.25) is 0 Å². The molecule has 0 spiro atoms. The Morgan fingerprint density at radius 3 is 2.88 bits per heavy atom. The zero-order chi connectivity index (χ0) is 12.7. The summed E-state index contributed by atoms with van der Waals surface area (Å²) in [5, 5.41) is 10.4. The summed E-state index contributed by atoms with van der Waals surface area (Å²) in [6, 6.07) is 4.91. The topological polar surface area (TPSA) is 58.0 Å². The Labute approximate surface area is 104 Å². The highest BCUT2D eigenvalue weighted by molar-refractivity contribution is 6.76. The van der Waals surface area contributed by atoms with Crippen LogP contribution in [0.15, 0.2) is 18.3 Å². The molecule has 0 radical (unpaired) electrons. The first-order chi connectivity index (χ1) is 8.03. The van der Waals surface area contributed by atoms with Crippen molar-refractivity contribution in [2.75, 3.05) is 18.7 Å². The number of nitrogens with one attached hydrogen (secondary N) is 2. The number of hydrogen-bond donors (Lipinski definition) is 2. The fourth-order valence-corrected chi connectivity index (χ4v) is 2.02. The average molecular weight is 251 g/mol. The van der Waals surface area contributed by atoms with Gasteiger partial charge in [0.25, 0.3) is 0 Å². The van der Waals surface area contributed by atoms with Crippen molar-refractivity contribution in [3.8, 4) is 0 Å². The Kier molecular flexibility index (Phi) is 5.31. The van der Waals surface area contributed by atoms with Gasteiger partial charge in [-0.15, -0.1) is 0 Å². The lowest BCUT2D eigenvalue weighted by atomic mass is 10.3. The van der Waals surface area contributed by atoms with Crippen molar-refractivity contribution in [2.45, 2.75) is 25.7 Å². The maximum atomic E-state index is 7.22. The molecule has 0 bridgehead atoms. The van der Waals surface area contributed by atoms with E-state index in [1.165, 1.54) is 12.3 Å². The number of ether oxygens (including phenoxy) is 1. The van der Waals surface area contributed by atoms with Gasteiger partial charge in [-0.1, -0.05) is 19.6 Å². The van der Waals surface area contributed by atoms with E-state index >= 15 is 0 Å². The smallest absolute Gasteiger partial charge is 0.116 e. The van der Waals surface area contributed by atoms with Gasteiger partial charge in [-0.05, 0) is 18.2 Å². The zero-order valence-electron chi connectivity index (χ0n) is 10.8. The molecule has 1 aromatic heterocycles. The lowest BCUT2D eigenvalue weighted by molar-refractivity contribution is 0.166. The highest BCUT2D eigenvalue weighted by Gasteiger charge is 2.11. The van der Waals surface area contributed by atoms with Gasteiger partial charge in [-0.2, -0.15) is 0 Å². The van der Waals surface area contributed by atoms with E-state index in [2.05, 4.69) is 29.9 Å². The highest BCUT2D eigenvalue weighted by Crippen LogP contribution is 2.10. The van der Waals surface area contributed by atoms with Crippen LogP contribution in [0.5, 0.6) is 0 Å². The number of nitrogens with zero attached hydrogens (tertiary/aromatic N) is 1. The molecule has 0 saturated carbocycles. The van der Waals surface area contributed by atoms with Crippen molar-refractivity contribution in [2.24, 2.45) is 0 Å². The fourth-order valence-electron chi connectivity index (χ4n) is 1.26. The molecule has 0 aliphatic heterocycles. The Morgan fingerprint density at radius 1 is 1.47 bits per heavy atom. The average Bonchev–Trinajstić information content (AvgIpc) is 2.27. The van der Waals surface area contributed by atoms with Gasteiger partial charge in [0.1, 0.15) is 12.4 Å². The predicted molar refractivity (Wildman–Crippen MR) is 74.7 cm³/mol. The third-order valence-electron chi connectivity index (χ3n) is 2.34. The van der Waals surface area contributed by atoms with E-state index < -0.39 is 8.07 Å². The number of anilines is 1. The normalized spacial score (nSPS) is 11.2. The summed E-state index contributed by atoms with van der Waals surface area (Å²) in [4.78, 5) is 4.08. The van der Waals surface area contributed by atoms with Gasteiger partial charge in [0.05, 0.1) is 5.69 Å². The van der Waals surface area contributed by atoms with Crippen LogP contribution in [0.3, 0.4) is 0 Å². The van der Waals surface area contributed by atoms with E-state index in [-0.39, 0.29) is 0 Å². The summed E-state index contributed by atoms with van der Waals surface area (Å²) in [7, 11) is -1.01. The number of aromatic nitrogens is 1. The van der Waals surface area contributed by atoms with Gasteiger partial charge in [-0.25, -0.2) is 0 Å². The number of rotatable bonds is 7. The van der Waals surface area contributed by atoms with E-state index in [1.807, 2.05) is 12.1 Å². The monoisotopic (exact) mass is 251 g/mol. The standard InChI is InChI=1S/C12H21N3OSi/c1-17(2,3)8-7-16-10-15-11-5-4-6-14-12(11)9-13/h4-6,9,13,15H,7-8,10H2,1-3H3. The second kappa shape index (κ2) is 6.51. The first kappa shape index (κ1) is 13.9. The first-order valence-corrected chi connectivity index (χ1v) is 9.51. The molecule has 0 atom stereocenters. The SMILES string of the molecule is C[Si](C)(C)CCOCNc1cccnc1C=N. The van der Waals surface area contributed by atoms with Gasteiger partial charge >= 0.3 is 0 Å². The van der Waals surface area contributed by atoms with Crippen LogP contribution >= 0.6 is 0 Å². The van der Waals surface area contributed by atoms with Crippen LogP contribution in [0.1, 0.15) is 5.69 Å². The Hall–Kier alpha value is -1.20. The summed E-state index contributed by atoms with van der Waals surface area (Å²) < 4.78 is 5.53. The third-order valence-corrected chi connectivity index (χ3v) is 4.04. The van der Waals surface area contributed by atoms with E-state index in [4.69, 9.17) is 10.1 Å². The minimum Gasteiger partial charge on any atom is -0.362 e. The molecule has 0 saturated heterocycles. The van der Waals surface area contributed by atoms with Gasteiger partial charge in [0, 0.05) is 27.1 Å². The Balaban J connectivity index is 2.29. The van der Waals surface area contributed by atoms with E-state index in [0.29, 0.717) is 12.4 Å². The van der Waals surface area contributed by atoms with E-state index in [9.17, 15) is 0 Å². The minimum atomic E-state index is -1.01. The van der Waals surface area contributed by atoms with Crippen molar-refractivity contribution in [1.82, 2.24) is 4.98 Å². The van der Waals surface area contributed by atoms with Gasteiger partial charge < -0.3 is 15.5 Å². The van der Waals surface area contributed by atoms with E-state index in [0.717, 1.165) is 12.3 Å². The van der Waals surface area contributed by atoms with Crippen LogP contribution in [-0.4, -0.2) is 32.6 Å². The van der Waals surface area contributed by atoms with Gasteiger partial charge in [0.15, 0.2) is 0 Å². The van der Waals surface area contributed by atoms with Gasteiger partial charge in [-0.3, -0.25) is 4.98 Å². The lowest BCUT2D eigenvalue weighted by Crippen LogP contribution is -2.22. The molecular weight excluding hydrogens is 230 g/mol. The molecule has 1 heterocycles. The molecule has 1 rings (SSSR count). The van der Waals surface area contributed by atoms with Crippen LogP contribution < -0.4 is 5.32 Å². The molecule has 0 amide bonds. The maximum Gasteiger partial charge on any atom is 0.116 e. The molecule has 0 aliphatic carbocycles. The fraction of sp³-hybridized carbons (Fsp3) is 0.500. The molecule has 4 nitrogen and oxygen atoms in total. The Bertz CT molecular complexity index is 363. The summed E-state index contributed by atoms with van der Waals surface area (Å²) in [5.74, 6) is 0. The summed E-state index contributed by atoms with van der Waals surface area (Å²) in [6.07, 6.45) is 2.92. The van der Waals surface area contributed by atoms with Crippen LogP contribution in [0, 0.1) is 5.41 Å². The maximum absolute atomic E-state index is 7.22. The first-order valence-electron chi connectivity index (χ1n) is 5.80. The molecule has 0 aliphatic rings. The van der Waals surface area contributed by atoms with Crippen molar-refractivity contribution in [3.05, 3.63) is 24.0 Å². The molecule has 0 unspecified atom stereocenters. The summed E-state index contributed by atoms with van der Waals surface area (Å²) in [6.45, 7) is 8.26. The zero-order valence-corrected chi connectivity index (χ0v) is 11.8. The largest absolute Gasteiger partial charge is 0.362 e. The molecule has 94 valence electrons. The second-order valence-corrected chi connectivity index (χ2v) is 10.7. The summed E-state index contributed by atoms with van der Waals surface area (Å²) >= 11 is 0. The van der Waals surface area contributed by atoms with Crippen LogP contribution in [0.4, 0.5) is 5.69 Å². The number of hydrogen-bond acceptors (Lipinski definition) is 4. The van der Waals surface area contributed by atoms with Crippen molar-refractivity contribution >= 4 is 20.0 Å². The van der Waals surface area contributed by atoms with Crippen LogP contribution in [-0.2, 0) is 4.74 Å². The second-order valence-electron chi connectivity index (χ2n) is 5.12. The molecule has 17 heavy (non-hydrogen) atoms. The third kappa shape index (κ3) is 5.60. The van der Waals surface area contributed by atoms with Crippen LogP contribution in [0.25, 0.3) is 0 Å². The van der Waals surface area contributed by atoms with Crippen molar-refractivity contribution in [1.29, 1.82) is 5.41 Å². The molecule has 5 heteroatoms.